The number of carbonyl (C=O) groups is 1. The highest BCUT2D eigenvalue weighted by Gasteiger charge is 2.38. The first kappa shape index (κ1) is 24.2. The van der Waals surface area contributed by atoms with E-state index in [0.29, 0.717) is 23.2 Å². The van der Waals surface area contributed by atoms with Gasteiger partial charge in [-0.05, 0) is 60.2 Å². The maximum atomic E-state index is 13.5. The third-order valence-electron chi connectivity index (χ3n) is 6.20. The number of allylic oxidation sites excluding steroid dienone is 2. The molecular weight excluding hydrogens is 445 g/mol. The SMILES string of the molecule is NC(C(=O)N(CCc1ccc(C(F)(F)F)cc1)c1cccc(C2(O)COC2)c1)C1=CCCC=C1. The molecule has 0 aromatic heterocycles. The molecule has 2 aromatic carbocycles. The number of anilines is 1. The van der Waals surface area contributed by atoms with Crippen LogP contribution in [0.25, 0.3) is 0 Å². The van der Waals surface area contributed by atoms with E-state index in [1.807, 2.05) is 18.2 Å². The van der Waals surface area contributed by atoms with Gasteiger partial charge in [0.25, 0.3) is 0 Å². The van der Waals surface area contributed by atoms with Crippen molar-refractivity contribution in [1.82, 2.24) is 0 Å². The maximum absolute atomic E-state index is 13.5. The van der Waals surface area contributed by atoms with Gasteiger partial charge in [-0.3, -0.25) is 4.79 Å². The number of ether oxygens (including phenoxy) is 1. The third-order valence-corrected chi connectivity index (χ3v) is 6.20. The lowest BCUT2D eigenvalue weighted by atomic mass is 9.91. The van der Waals surface area contributed by atoms with Gasteiger partial charge in [-0.1, -0.05) is 42.5 Å². The first-order chi connectivity index (χ1) is 16.2. The van der Waals surface area contributed by atoms with Gasteiger partial charge in [0.05, 0.1) is 18.8 Å². The minimum Gasteiger partial charge on any atom is -0.380 e. The summed E-state index contributed by atoms with van der Waals surface area (Å²) in [6.07, 6.45) is 3.41. The average Bonchev–Trinajstić information content (AvgIpc) is 2.82. The Morgan fingerprint density at radius 2 is 1.88 bits per heavy atom. The third kappa shape index (κ3) is 5.24. The first-order valence-corrected chi connectivity index (χ1v) is 11.2. The van der Waals surface area contributed by atoms with Crippen LogP contribution in [0.1, 0.15) is 29.5 Å². The molecule has 180 valence electrons. The van der Waals surface area contributed by atoms with Crippen molar-refractivity contribution in [2.45, 2.75) is 37.1 Å². The molecule has 1 atom stereocenters. The first-order valence-electron chi connectivity index (χ1n) is 11.2. The lowest BCUT2D eigenvalue weighted by Crippen LogP contribution is -2.47. The number of halogens is 3. The van der Waals surface area contributed by atoms with Crippen molar-refractivity contribution in [2.75, 3.05) is 24.7 Å². The molecule has 1 aliphatic heterocycles. The Hall–Kier alpha value is -2.94. The van der Waals surface area contributed by atoms with Gasteiger partial charge < -0.3 is 20.5 Å². The van der Waals surface area contributed by atoms with E-state index >= 15 is 0 Å². The zero-order valence-corrected chi connectivity index (χ0v) is 18.6. The van der Waals surface area contributed by atoms with E-state index in [0.717, 1.165) is 30.5 Å². The number of hydrogen-bond acceptors (Lipinski definition) is 4. The Morgan fingerprint density at radius 1 is 1.15 bits per heavy atom. The molecule has 0 saturated carbocycles. The number of amides is 1. The van der Waals surface area contributed by atoms with Gasteiger partial charge in [-0.15, -0.1) is 0 Å². The van der Waals surface area contributed by atoms with Gasteiger partial charge >= 0.3 is 6.18 Å². The molecule has 2 aliphatic rings. The summed E-state index contributed by atoms with van der Waals surface area (Å²) in [7, 11) is 0. The van der Waals surface area contributed by atoms with Crippen molar-refractivity contribution < 1.29 is 27.8 Å². The van der Waals surface area contributed by atoms with Crippen molar-refractivity contribution in [3.05, 3.63) is 89.0 Å². The highest BCUT2D eigenvalue weighted by molar-refractivity contribution is 5.99. The molecule has 0 spiro atoms. The molecule has 0 radical (unpaired) electrons. The van der Waals surface area contributed by atoms with E-state index in [-0.39, 0.29) is 25.7 Å². The van der Waals surface area contributed by atoms with Gasteiger partial charge in [-0.2, -0.15) is 13.2 Å². The van der Waals surface area contributed by atoms with E-state index in [1.54, 1.807) is 24.3 Å². The number of aliphatic hydroxyl groups is 1. The summed E-state index contributed by atoms with van der Waals surface area (Å²) >= 11 is 0. The van der Waals surface area contributed by atoms with Crippen molar-refractivity contribution in [3.63, 3.8) is 0 Å². The molecule has 5 nitrogen and oxygen atoms in total. The van der Waals surface area contributed by atoms with Crippen LogP contribution in [0.15, 0.2) is 72.3 Å². The zero-order chi connectivity index (χ0) is 24.3. The van der Waals surface area contributed by atoms with Crippen LogP contribution in [0, 0.1) is 0 Å². The van der Waals surface area contributed by atoms with Crippen LogP contribution in [0.3, 0.4) is 0 Å². The lowest BCUT2D eigenvalue weighted by Gasteiger charge is -2.37. The molecule has 1 saturated heterocycles. The van der Waals surface area contributed by atoms with Crippen LogP contribution in [-0.4, -0.2) is 36.8 Å². The minimum atomic E-state index is -4.40. The zero-order valence-electron chi connectivity index (χ0n) is 18.6. The Balaban J connectivity index is 1.59. The summed E-state index contributed by atoms with van der Waals surface area (Å²) in [5, 5.41) is 10.7. The molecule has 1 amide bonds. The van der Waals surface area contributed by atoms with Crippen molar-refractivity contribution in [2.24, 2.45) is 5.73 Å². The fourth-order valence-corrected chi connectivity index (χ4v) is 4.07. The molecular formula is C26H27F3N2O3. The predicted octanol–water partition coefficient (Wildman–Crippen LogP) is 4.10. The maximum Gasteiger partial charge on any atom is 0.416 e. The number of nitrogens with two attached hydrogens (primary N) is 1. The molecule has 1 heterocycles. The van der Waals surface area contributed by atoms with E-state index in [1.165, 1.54) is 17.0 Å². The van der Waals surface area contributed by atoms with E-state index < -0.39 is 23.4 Å². The molecule has 1 aliphatic carbocycles. The molecule has 4 rings (SSSR count). The van der Waals surface area contributed by atoms with Crippen molar-refractivity contribution in [3.8, 4) is 0 Å². The van der Waals surface area contributed by atoms with Gasteiger partial charge in [0.2, 0.25) is 5.91 Å². The Kier molecular flexibility index (Phi) is 6.93. The summed E-state index contributed by atoms with van der Waals surface area (Å²) < 4.78 is 43.8. The number of nitrogens with zero attached hydrogens (tertiary/aromatic N) is 1. The van der Waals surface area contributed by atoms with E-state index in [4.69, 9.17) is 10.5 Å². The highest BCUT2D eigenvalue weighted by Crippen LogP contribution is 2.32. The number of hydrogen-bond donors (Lipinski definition) is 2. The van der Waals surface area contributed by atoms with Gasteiger partial charge in [-0.25, -0.2) is 0 Å². The second-order valence-corrected chi connectivity index (χ2v) is 8.67. The van der Waals surface area contributed by atoms with Crippen LogP contribution in [0.2, 0.25) is 0 Å². The normalized spacial score (nSPS) is 18.1. The van der Waals surface area contributed by atoms with E-state index in [9.17, 15) is 23.1 Å². The number of carbonyl (C=O) groups excluding carboxylic acids is 1. The molecule has 0 bridgehead atoms. The van der Waals surface area contributed by atoms with Crippen molar-refractivity contribution >= 4 is 11.6 Å². The van der Waals surface area contributed by atoms with Crippen LogP contribution >= 0.6 is 0 Å². The summed E-state index contributed by atoms with van der Waals surface area (Å²) in [6, 6.07) is 11.1. The second-order valence-electron chi connectivity index (χ2n) is 8.67. The van der Waals surface area contributed by atoms with Gasteiger partial charge in [0.1, 0.15) is 11.6 Å². The lowest BCUT2D eigenvalue weighted by molar-refractivity contribution is -0.184. The van der Waals surface area contributed by atoms with Gasteiger partial charge in [0.15, 0.2) is 0 Å². The van der Waals surface area contributed by atoms with Crippen LogP contribution in [0.5, 0.6) is 0 Å². The highest BCUT2D eigenvalue weighted by atomic mass is 19.4. The standard InChI is InChI=1S/C26H27F3N2O3/c27-26(28,29)20-11-9-18(10-12-20)13-14-31(24(32)23(30)19-5-2-1-3-6-19)22-8-4-7-21(15-22)25(33)16-34-17-25/h2,4-12,15,23,33H,1,3,13-14,16-17,30H2. The fraction of sp³-hybridized carbons (Fsp3) is 0.346. The summed E-state index contributed by atoms with van der Waals surface area (Å²) in [5.41, 5.74) is 7.10. The van der Waals surface area contributed by atoms with Crippen LogP contribution < -0.4 is 10.6 Å². The number of benzene rings is 2. The smallest absolute Gasteiger partial charge is 0.380 e. The van der Waals surface area contributed by atoms with E-state index in [2.05, 4.69) is 0 Å². The molecule has 1 unspecified atom stereocenters. The summed E-state index contributed by atoms with van der Waals surface area (Å²) in [4.78, 5) is 15.0. The summed E-state index contributed by atoms with van der Waals surface area (Å²) in [6.45, 7) is 0.563. The monoisotopic (exact) mass is 472 g/mol. The Labute approximate surface area is 196 Å². The Bertz CT molecular complexity index is 1090. The van der Waals surface area contributed by atoms with Crippen LogP contribution in [0.4, 0.5) is 18.9 Å². The molecule has 2 aromatic rings. The molecule has 1 fully saturated rings. The number of rotatable bonds is 7. The fourth-order valence-electron chi connectivity index (χ4n) is 4.07. The topological polar surface area (TPSA) is 75.8 Å². The Morgan fingerprint density at radius 3 is 2.47 bits per heavy atom. The van der Waals surface area contributed by atoms with Crippen LogP contribution in [-0.2, 0) is 27.7 Å². The largest absolute Gasteiger partial charge is 0.416 e. The molecule has 34 heavy (non-hydrogen) atoms. The molecule has 8 heteroatoms. The number of alkyl halides is 3. The summed E-state index contributed by atoms with van der Waals surface area (Å²) in [5.74, 6) is -0.321. The quantitative estimate of drug-likeness (QED) is 0.636. The predicted molar refractivity (Wildman–Crippen MR) is 123 cm³/mol. The average molecular weight is 473 g/mol. The second kappa shape index (κ2) is 9.74. The minimum absolute atomic E-state index is 0.174. The molecule has 3 N–H and O–H groups in total. The van der Waals surface area contributed by atoms with Gasteiger partial charge in [0, 0.05) is 12.2 Å². The van der Waals surface area contributed by atoms with Crippen molar-refractivity contribution in [1.29, 1.82) is 0 Å².